The van der Waals surface area contributed by atoms with Crippen molar-refractivity contribution in [2.24, 2.45) is 0 Å². The van der Waals surface area contributed by atoms with Crippen molar-refractivity contribution in [3.8, 4) is 12.8 Å². The van der Waals surface area contributed by atoms with E-state index in [1.165, 1.54) is 6.07 Å². The van der Waals surface area contributed by atoms with E-state index in [1.54, 1.807) is 24.3 Å². The van der Waals surface area contributed by atoms with Crippen LogP contribution in [0.2, 0.25) is 0 Å². The van der Waals surface area contributed by atoms with Gasteiger partial charge in [0, 0.05) is 11.6 Å². The summed E-state index contributed by atoms with van der Waals surface area (Å²) in [4.78, 5) is 0. The monoisotopic (exact) mass is 253 g/mol. The number of rotatable bonds is 4. The SMILES string of the molecule is C#C.C=CCC(NS)c1ccccc1F.CC. The van der Waals surface area contributed by atoms with Gasteiger partial charge in [0.15, 0.2) is 0 Å². The number of thiol groups is 1. The summed E-state index contributed by atoms with van der Waals surface area (Å²) in [5, 5.41) is 0. The Bertz CT molecular complexity index is 323. The van der Waals surface area contributed by atoms with E-state index >= 15 is 0 Å². The molecule has 0 heterocycles. The maximum atomic E-state index is 13.2. The summed E-state index contributed by atoms with van der Waals surface area (Å²) in [6.45, 7) is 7.61. The summed E-state index contributed by atoms with van der Waals surface area (Å²) < 4.78 is 16.0. The molecule has 0 aliphatic carbocycles. The highest BCUT2D eigenvalue weighted by Gasteiger charge is 2.11. The summed E-state index contributed by atoms with van der Waals surface area (Å²) >= 11 is 3.94. The molecular formula is C14H20FNS. The molecule has 1 nitrogen and oxygen atoms in total. The fourth-order valence-electron chi connectivity index (χ4n) is 1.17. The molecular weight excluding hydrogens is 233 g/mol. The number of nitrogens with one attached hydrogen (secondary N) is 1. The summed E-state index contributed by atoms with van der Waals surface area (Å²) in [5.41, 5.74) is 0.623. The molecule has 0 spiro atoms. The van der Waals surface area contributed by atoms with E-state index in [-0.39, 0.29) is 11.9 Å². The summed E-state index contributed by atoms with van der Waals surface area (Å²) in [6, 6.07) is 6.55. The van der Waals surface area contributed by atoms with E-state index in [9.17, 15) is 4.39 Å². The molecule has 1 aromatic carbocycles. The maximum absolute atomic E-state index is 13.2. The number of hydrogen-bond acceptors (Lipinski definition) is 2. The van der Waals surface area contributed by atoms with E-state index in [2.05, 4.69) is 37.0 Å². The average molecular weight is 253 g/mol. The van der Waals surface area contributed by atoms with E-state index in [0.29, 0.717) is 12.0 Å². The zero-order valence-electron chi connectivity index (χ0n) is 10.4. The minimum Gasteiger partial charge on any atom is -0.259 e. The second-order valence-corrected chi connectivity index (χ2v) is 2.99. The van der Waals surface area contributed by atoms with Gasteiger partial charge in [-0.15, -0.1) is 19.4 Å². The summed E-state index contributed by atoms with van der Waals surface area (Å²) in [7, 11) is 0. The van der Waals surface area contributed by atoms with Crippen molar-refractivity contribution < 1.29 is 4.39 Å². The van der Waals surface area contributed by atoms with Gasteiger partial charge in [-0.1, -0.05) is 50.9 Å². The first kappa shape index (κ1) is 18.1. The number of terminal acetylenes is 1. The van der Waals surface area contributed by atoms with Crippen LogP contribution in [0, 0.1) is 18.7 Å². The molecule has 1 rings (SSSR count). The van der Waals surface area contributed by atoms with Gasteiger partial charge < -0.3 is 0 Å². The molecule has 0 amide bonds. The topological polar surface area (TPSA) is 12.0 Å². The van der Waals surface area contributed by atoms with Crippen LogP contribution in [-0.4, -0.2) is 0 Å². The molecule has 1 atom stereocenters. The van der Waals surface area contributed by atoms with Crippen LogP contribution in [0.5, 0.6) is 0 Å². The smallest absolute Gasteiger partial charge is 0.128 e. The van der Waals surface area contributed by atoms with Gasteiger partial charge in [0.05, 0.1) is 0 Å². The predicted molar refractivity (Wildman–Crippen MR) is 77.3 cm³/mol. The largest absolute Gasteiger partial charge is 0.259 e. The Morgan fingerprint density at radius 1 is 1.41 bits per heavy atom. The lowest BCUT2D eigenvalue weighted by molar-refractivity contribution is 0.572. The first-order valence-corrected chi connectivity index (χ1v) is 5.82. The molecule has 0 saturated heterocycles. The van der Waals surface area contributed by atoms with Crippen molar-refractivity contribution in [3.05, 3.63) is 48.3 Å². The lowest BCUT2D eigenvalue weighted by Crippen LogP contribution is -2.12. The van der Waals surface area contributed by atoms with E-state index in [1.807, 2.05) is 13.8 Å². The van der Waals surface area contributed by atoms with Gasteiger partial charge in [-0.3, -0.25) is 4.72 Å². The van der Waals surface area contributed by atoms with Crippen LogP contribution in [0.3, 0.4) is 0 Å². The Morgan fingerprint density at radius 2 is 1.94 bits per heavy atom. The van der Waals surface area contributed by atoms with Crippen LogP contribution in [-0.2, 0) is 0 Å². The Labute approximate surface area is 110 Å². The van der Waals surface area contributed by atoms with E-state index in [0.717, 1.165) is 0 Å². The average Bonchev–Trinajstić information content (AvgIpc) is 2.42. The third kappa shape index (κ3) is 6.83. The molecule has 0 saturated carbocycles. The van der Waals surface area contributed by atoms with Crippen molar-refractivity contribution in [3.63, 3.8) is 0 Å². The number of halogens is 1. The Balaban J connectivity index is 0. The quantitative estimate of drug-likeness (QED) is 0.466. The van der Waals surface area contributed by atoms with Crippen LogP contribution in [0.4, 0.5) is 4.39 Å². The Hall–Kier alpha value is -1.24. The minimum atomic E-state index is -0.212. The van der Waals surface area contributed by atoms with Crippen molar-refractivity contribution in [1.82, 2.24) is 4.72 Å². The highest BCUT2D eigenvalue weighted by Crippen LogP contribution is 2.20. The molecule has 0 aliphatic rings. The van der Waals surface area contributed by atoms with Crippen LogP contribution < -0.4 is 4.72 Å². The van der Waals surface area contributed by atoms with E-state index < -0.39 is 0 Å². The predicted octanol–water partition coefficient (Wildman–Crippen LogP) is 4.15. The van der Waals surface area contributed by atoms with Crippen molar-refractivity contribution in [2.45, 2.75) is 26.3 Å². The normalized spacial score (nSPS) is 10.0. The first-order chi connectivity index (χ1) is 8.29. The van der Waals surface area contributed by atoms with Crippen LogP contribution >= 0.6 is 12.8 Å². The van der Waals surface area contributed by atoms with Crippen molar-refractivity contribution in [2.75, 3.05) is 0 Å². The molecule has 0 radical (unpaired) electrons. The molecule has 17 heavy (non-hydrogen) atoms. The summed E-state index contributed by atoms with van der Waals surface area (Å²) in [6.07, 6.45) is 10.4. The fraction of sp³-hybridized carbons (Fsp3) is 0.286. The molecule has 3 heteroatoms. The van der Waals surface area contributed by atoms with Crippen molar-refractivity contribution >= 4 is 12.8 Å². The maximum Gasteiger partial charge on any atom is 0.128 e. The van der Waals surface area contributed by atoms with Gasteiger partial charge in [-0.05, 0) is 12.5 Å². The molecule has 1 N–H and O–H groups in total. The molecule has 0 aliphatic heterocycles. The van der Waals surface area contributed by atoms with Crippen LogP contribution in [0.1, 0.15) is 31.9 Å². The summed E-state index contributed by atoms with van der Waals surface area (Å²) in [5.74, 6) is -0.212. The van der Waals surface area contributed by atoms with Gasteiger partial charge in [0.1, 0.15) is 5.82 Å². The number of hydrogen-bond donors (Lipinski definition) is 2. The van der Waals surface area contributed by atoms with Crippen molar-refractivity contribution in [1.29, 1.82) is 0 Å². The third-order valence-corrected chi connectivity index (χ3v) is 2.15. The second kappa shape index (κ2) is 12.8. The van der Waals surface area contributed by atoms with Gasteiger partial charge in [0.2, 0.25) is 0 Å². The molecule has 0 aromatic heterocycles. The Morgan fingerprint density at radius 3 is 2.35 bits per heavy atom. The van der Waals surface area contributed by atoms with Gasteiger partial charge in [0.25, 0.3) is 0 Å². The highest BCUT2D eigenvalue weighted by molar-refractivity contribution is 7.78. The molecule has 94 valence electrons. The molecule has 1 aromatic rings. The number of benzene rings is 1. The van der Waals surface area contributed by atoms with Crippen LogP contribution in [0.25, 0.3) is 0 Å². The standard InChI is InChI=1S/C10H12FNS.C2H6.C2H2/c1-2-5-10(12-13)8-6-3-4-7-9(8)11;2*1-2/h2-4,6-7,10,12-13H,1,5H2;1-2H3;1-2H. The fourth-order valence-corrected chi connectivity index (χ4v) is 1.42. The zero-order chi connectivity index (χ0) is 13.7. The minimum absolute atomic E-state index is 0.109. The first-order valence-electron chi connectivity index (χ1n) is 5.38. The van der Waals surface area contributed by atoms with E-state index in [4.69, 9.17) is 0 Å². The molecule has 0 bridgehead atoms. The lowest BCUT2D eigenvalue weighted by atomic mass is 10.0. The third-order valence-electron chi connectivity index (χ3n) is 1.84. The highest BCUT2D eigenvalue weighted by atomic mass is 32.1. The second-order valence-electron chi connectivity index (χ2n) is 2.73. The Kier molecular flexibility index (Phi) is 13.7. The lowest BCUT2D eigenvalue weighted by Gasteiger charge is -2.13. The van der Waals surface area contributed by atoms with Gasteiger partial charge in [-0.2, -0.15) is 0 Å². The molecule has 0 fully saturated rings. The van der Waals surface area contributed by atoms with Gasteiger partial charge in [-0.25, -0.2) is 4.39 Å². The zero-order valence-corrected chi connectivity index (χ0v) is 11.3. The van der Waals surface area contributed by atoms with Crippen LogP contribution in [0.15, 0.2) is 36.9 Å². The van der Waals surface area contributed by atoms with Gasteiger partial charge >= 0.3 is 0 Å². The molecule has 1 unspecified atom stereocenters.